The van der Waals surface area contributed by atoms with Crippen LogP contribution in [0.4, 0.5) is 11.6 Å². The number of aromatic nitrogens is 2. The number of benzene rings is 1. The topological polar surface area (TPSA) is 50.3 Å². The Balaban J connectivity index is 1.66. The van der Waals surface area contributed by atoms with Gasteiger partial charge in [0, 0.05) is 25.2 Å². The molecule has 5 nitrogen and oxygen atoms in total. The largest absolute Gasteiger partial charge is 0.378 e. The maximum Gasteiger partial charge on any atom is 0.134 e. The van der Waals surface area contributed by atoms with Gasteiger partial charge in [-0.15, -0.1) is 0 Å². The van der Waals surface area contributed by atoms with Crippen LogP contribution in [0.15, 0.2) is 42.7 Å². The molecule has 0 radical (unpaired) electrons. The number of anilines is 2. The number of ether oxygens (including phenoxy) is 1. The third-order valence-electron chi connectivity index (χ3n) is 4.16. The lowest BCUT2D eigenvalue weighted by Crippen LogP contribution is -2.36. The zero-order valence-corrected chi connectivity index (χ0v) is 13.6. The summed E-state index contributed by atoms with van der Waals surface area (Å²) in [6.07, 6.45) is 3.68. The summed E-state index contributed by atoms with van der Waals surface area (Å²) in [5, 5.41) is 3.55. The first-order valence-electron chi connectivity index (χ1n) is 8.30. The van der Waals surface area contributed by atoms with Gasteiger partial charge in [0.25, 0.3) is 0 Å². The molecule has 23 heavy (non-hydrogen) atoms. The van der Waals surface area contributed by atoms with Gasteiger partial charge in [0.1, 0.15) is 18.0 Å². The second kappa shape index (κ2) is 7.92. The van der Waals surface area contributed by atoms with Crippen LogP contribution in [-0.4, -0.2) is 42.3 Å². The predicted octanol–water partition coefficient (Wildman–Crippen LogP) is 2.75. The summed E-state index contributed by atoms with van der Waals surface area (Å²) < 4.78 is 5.40. The van der Waals surface area contributed by atoms with Crippen molar-refractivity contribution in [1.29, 1.82) is 0 Å². The molecule has 0 bridgehead atoms. The molecule has 0 spiro atoms. The number of hydrogen-bond acceptors (Lipinski definition) is 5. The summed E-state index contributed by atoms with van der Waals surface area (Å²) >= 11 is 0. The Bertz CT molecular complexity index is 599. The van der Waals surface area contributed by atoms with Crippen molar-refractivity contribution in [2.75, 3.05) is 36.5 Å². The number of morpholine rings is 1. The van der Waals surface area contributed by atoms with Crippen LogP contribution >= 0.6 is 0 Å². The van der Waals surface area contributed by atoms with Crippen LogP contribution in [-0.2, 0) is 11.2 Å². The van der Waals surface area contributed by atoms with Crippen LogP contribution in [0.25, 0.3) is 0 Å². The Labute approximate surface area is 137 Å². The first kappa shape index (κ1) is 15.7. The minimum absolute atomic E-state index is 0.366. The minimum atomic E-state index is 0.366. The van der Waals surface area contributed by atoms with Crippen molar-refractivity contribution in [2.24, 2.45) is 0 Å². The molecule has 1 aromatic carbocycles. The Morgan fingerprint density at radius 2 is 1.96 bits per heavy atom. The molecule has 1 aliphatic heterocycles. The van der Waals surface area contributed by atoms with Crippen molar-refractivity contribution in [3.05, 3.63) is 48.3 Å². The molecule has 1 aromatic heterocycles. The second-order valence-corrected chi connectivity index (χ2v) is 5.80. The molecule has 5 heteroatoms. The van der Waals surface area contributed by atoms with E-state index >= 15 is 0 Å². The molecular weight excluding hydrogens is 288 g/mol. The van der Waals surface area contributed by atoms with E-state index in [1.165, 1.54) is 5.56 Å². The molecule has 0 saturated carbocycles. The average Bonchev–Trinajstić information content (AvgIpc) is 2.63. The van der Waals surface area contributed by atoms with Crippen LogP contribution < -0.4 is 10.2 Å². The normalized spacial score (nSPS) is 16.1. The van der Waals surface area contributed by atoms with Gasteiger partial charge in [-0.1, -0.05) is 37.3 Å². The van der Waals surface area contributed by atoms with E-state index in [0.717, 1.165) is 50.8 Å². The van der Waals surface area contributed by atoms with Gasteiger partial charge in [-0.2, -0.15) is 0 Å². The van der Waals surface area contributed by atoms with Crippen molar-refractivity contribution >= 4 is 11.6 Å². The number of nitrogens with zero attached hydrogens (tertiary/aromatic N) is 3. The van der Waals surface area contributed by atoms with Crippen LogP contribution in [0, 0.1) is 0 Å². The SMILES string of the molecule is CCC(Cc1ccccc1)Nc1cc(N2CCOCC2)ncn1. The summed E-state index contributed by atoms with van der Waals surface area (Å²) in [4.78, 5) is 11.0. The van der Waals surface area contributed by atoms with E-state index < -0.39 is 0 Å². The van der Waals surface area contributed by atoms with Crippen LogP contribution in [0.2, 0.25) is 0 Å². The molecular formula is C18H24N4O. The van der Waals surface area contributed by atoms with Crippen LogP contribution in [0.1, 0.15) is 18.9 Å². The lowest BCUT2D eigenvalue weighted by Gasteiger charge is -2.28. The molecule has 1 aliphatic rings. The summed E-state index contributed by atoms with van der Waals surface area (Å²) in [6, 6.07) is 13.0. The third kappa shape index (κ3) is 4.42. The van der Waals surface area contributed by atoms with Crippen molar-refractivity contribution in [1.82, 2.24) is 9.97 Å². The second-order valence-electron chi connectivity index (χ2n) is 5.80. The predicted molar refractivity (Wildman–Crippen MR) is 92.9 cm³/mol. The molecule has 122 valence electrons. The van der Waals surface area contributed by atoms with E-state index in [1.54, 1.807) is 6.33 Å². The summed E-state index contributed by atoms with van der Waals surface area (Å²) in [7, 11) is 0. The number of rotatable bonds is 6. The Morgan fingerprint density at radius 1 is 1.17 bits per heavy atom. The average molecular weight is 312 g/mol. The first-order chi connectivity index (χ1) is 11.3. The molecule has 1 atom stereocenters. The summed E-state index contributed by atoms with van der Waals surface area (Å²) in [5.41, 5.74) is 1.34. The van der Waals surface area contributed by atoms with E-state index in [9.17, 15) is 0 Å². The summed E-state index contributed by atoms with van der Waals surface area (Å²) in [5.74, 6) is 1.87. The molecule has 3 rings (SSSR count). The Morgan fingerprint density at radius 3 is 2.70 bits per heavy atom. The molecule has 1 saturated heterocycles. The maximum atomic E-state index is 5.40. The summed E-state index contributed by atoms with van der Waals surface area (Å²) in [6.45, 7) is 5.50. The highest BCUT2D eigenvalue weighted by Gasteiger charge is 2.14. The zero-order valence-electron chi connectivity index (χ0n) is 13.6. The molecule has 1 fully saturated rings. The Kier molecular flexibility index (Phi) is 5.42. The van der Waals surface area contributed by atoms with Gasteiger partial charge in [-0.3, -0.25) is 0 Å². The van der Waals surface area contributed by atoms with Crippen LogP contribution in [0.5, 0.6) is 0 Å². The fourth-order valence-electron chi connectivity index (χ4n) is 2.80. The highest BCUT2D eigenvalue weighted by atomic mass is 16.5. The smallest absolute Gasteiger partial charge is 0.134 e. The first-order valence-corrected chi connectivity index (χ1v) is 8.30. The molecule has 2 aromatic rings. The van der Waals surface area contributed by atoms with E-state index in [2.05, 4.69) is 57.4 Å². The quantitative estimate of drug-likeness (QED) is 0.889. The van der Waals surface area contributed by atoms with Gasteiger partial charge in [-0.25, -0.2) is 9.97 Å². The van der Waals surface area contributed by atoms with Gasteiger partial charge in [0.15, 0.2) is 0 Å². The third-order valence-corrected chi connectivity index (χ3v) is 4.16. The van der Waals surface area contributed by atoms with E-state index in [-0.39, 0.29) is 0 Å². The fourth-order valence-corrected chi connectivity index (χ4v) is 2.80. The molecule has 0 amide bonds. The zero-order chi connectivity index (χ0) is 15.9. The van der Waals surface area contributed by atoms with Gasteiger partial charge in [-0.05, 0) is 18.4 Å². The standard InChI is InChI=1S/C18H24N4O/c1-2-16(12-15-6-4-3-5-7-15)21-17-13-18(20-14-19-17)22-8-10-23-11-9-22/h3-7,13-14,16H,2,8-12H2,1H3,(H,19,20,21). The highest BCUT2D eigenvalue weighted by molar-refractivity contribution is 5.49. The molecule has 1 unspecified atom stereocenters. The van der Waals surface area contributed by atoms with Crippen molar-refractivity contribution in [3.8, 4) is 0 Å². The van der Waals surface area contributed by atoms with Gasteiger partial charge < -0.3 is 15.0 Å². The maximum absolute atomic E-state index is 5.40. The van der Waals surface area contributed by atoms with Gasteiger partial charge in [0.2, 0.25) is 0 Å². The fraction of sp³-hybridized carbons (Fsp3) is 0.444. The minimum Gasteiger partial charge on any atom is -0.378 e. The lowest BCUT2D eigenvalue weighted by atomic mass is 10.0. The van der Waals surface area contributed by atoms with Crippen molar-refractivity contribution in [2.45, 2.75) is 25.8 Å². The molecule has 2 heterocycles. The number of nitrogens with one attached hydrogen (secondary N) is 1. The molecule has 0 aliphatic carbocycles. The van der Waals surface area contributed by atoms with Crippen LogP contribution in [0.3, 0.4) is 0 Å². The van der Waals surface area contributed by atoms with Crippen molar-refractivity contribution in [3.63, 3.8) is 0 Å². The van der Waals surface area contributed by atoms with Gasteiger partial charge >= 0.3 is 0 Å². The van der Waals surface area contributed by atoms with E-state index in [4.69, 9.17) is 4.74 Å². The van der Waals surface area contributed by atoms with Crippen molar-refractivity contribution < 1.29 is 4.74 Å². The molecule has 1 N–H and O–H groups in total. The lowest BCUT2D eigenvalue weighted by molar-refractivity contribution is 0.122. The van der Waals surface area contributed by atoms with E-state index in [1.807, 2.05) is 6.07 Å². The van der Waals surface area contributed by atoms with Gasteiger partial charge in [0.05, 0.1) is 13.2 Å². The Hall–Kier alpha value is -2.14. The number of hydrogen-bond donors (Lipinski definition) is 1. The monoisotopic (exact) mass is 312 g/mol. The van der Waals surface area contributed by atoms with E-state index in [0.29, 0.717) is 6.04 Å². The highest BCUT2D eigenvalue weighted by Crippen LogP contribution is 2.17.